The minimum absolute atomic E-state index is 0.325. The Balaban J connectivity index is 3.49. The fraction of sp³-hybridized carbons (Fsp3) is 0.667. The number of carboxylic acids is 1. The molecule has 0 aromatic heterocycles. The maximum Gasteiger partial charge on any atom is 0.305 e. The van der Waals surface area contributed by atoms with E-state index in [1.54, 1.807) is 0 Å². The Hall–Kier alpha value is -0.240. The average molecular weight is 186 g/mol. The predicted molar refractivity (Wildman–Crippen MR) is 36.3 cm³/mol. The summed E-state index contributed by atoms with van der Waals surface area (Å²) in [4.78, 5) is 9.80. The van der Waals surface area contributed by atoms with E-state index in [0.29, 0.717) is 0 Å². The molecule has 0 heterocycles. The number of hydrogen-bond acceptors (Lipinski definition) is 4. The van der Waals surface area contributed by atoms with Gasteiger partial charge in [-0.2, -0.15) is 4.21 Å². The van der Waals surface area contributed by atoms with Gasteiger partial charge in [-0.3, -0.25) is 13.5 Å². The molecule has 0 saturated carbocycles. The van der Waals surface area contributed by atoms with Crippen LogP contribution in [0, 0.1) is 0 Å². The molecule has 2 N–H and O–H groups in total. The molecule has 7 heteroatoms. The summed E-state index contributed by atoms with van der Waals surface area (Å²) in [5, 5.41) is 8.02. The van der Waals surface area contributed by atoms with Crippen LogP contribution in [0.3, 0.4) is 0 Å². The highest BCUT2D eigenvalue weighted by Gasteiger charge is 2.01. The number of hydrogen-bond donors (Lipinski definition) is 2. The molecule has 1 unspecified atom stereocenters. The van der Waals surface area contributed by atoms with Crippen molar-refractivity contribution in [1.29, 1.82) is 0 Å². The van der Waals surface area contributed by atoms with Crippen LogP contribution in [0.4, 0.5) is 0 Å². The summed E-state index contributed by atoms with van der Waals surface area (Å²) in [6.45, 7) is -0.339. The Kier molecular flexibility index (Phi) is 3.72. The quantitative estimate of drug-likeness (QED) is 0.622. The van der Waals surface area contributed by atoms with Gasteiger partial charge < -0.3 is 5.11 Å². The third-order valence-electron chi connectivity index (χ3n) is 0.548. The van der Waals surface area contributed by atoms with Gasteiger partial charge in [-0.25, -0.2) is 0 Å². The third-order valence-corrected chi connectivity index (χ3v) is 1.30. The van der Waals surface area contributed by atoms with E-state index in [0.717, 1.165) is 0 Å². The summed E-state index contributed by atoms with van der Waals surface area (Å²) in [6, 6.07) is 0. The van der Waals surface area contributed by atoms with Crippen molar-refractivity contribution in [3.05, 3.63) is 0 Å². The van der Waals surface area contributed by atoms with Gasteiger partial charge in [0, 0.05) is 11.2 Å². The molecule has 0 saturated heterocycles. The number of carboxylic acid groups (broad SMARTS) is 1. The molecule has 0 aliphatic carbocycles. The number of carbonyl (C=O) groups is 1. The van der Waals surface area contributed by atoms with E-state index in [-0.39, 0.29) is 13.0 Å². The van der Waals surface area contributed by atoms with Gasteiger partial charge in [-0.05, 0) is 0 Å². The highest BCUT2D eigenvalue weighted by molar-refractivity contribution is 8.27. The van der Waals surface area contributed by atoms with Crippen LogP contribution in [-0.4, -0.2) is 26.4 Å². The zero-order chi connectivity index (χ0) is 8.20. The van der Waals surface area contributed by atoms with Crippen molar-refractivity contribution in [2.75, 3.05) is 6.61 Å². The van der Waals surface area contributed by atoms with E-state index in [2.05, 4.69) is 15.4 Å². The van der Waals surface area contributed by atoms with Gasteiger partial charge in [-0.1, -0.05) is 0 Å². The monoisotopic (exact) mass is 186 g/mol. The smallest absolute Gasteiger partial charge is 0.305 e. The summed E-state index contributed by atoms with van der Waals surface area (Å²) in [5.74, 6) is -1.10. The fourth-order valence-corrected chi connectivity index (χ4v) is 0.732. The topological polar surface area (TPSA) is 83.8 Å². The highest BCUT2D eigenvalue weighted by atomic mass is 32.9. The lowest BCUT2D eigenvalue weighted by Gasteiger charge is -1.97. The summed E-state index contributed by atoms with van der Waals surface area (Å²) in [7, 11) is -3.65. The van der Waals surface area contributed by atoms with Crippen LogP contribution in [0.5, 0.6) is 0 Å². The van der Waals surface area contributed by atoms with Gasteiger partial charge in [0.15, 0.2) is 0 Å². The van der Waals surface area contributed by atoms with Crippen LogP contribution in [-0.2, 0) is 29.2 Å². The van der Waals surface area contributed by atoms with Crippen LogP contribution in [0.2, 0.25) is 0 Å². The lowest BCUT2D eigenvalue weighted by molar-refractivity contribution is -0.137. The molecule has 0 rings (SSSR count). The van der Waals surface area contributed by atoms with Crippen LogP contribution < -0.4 is 0 Å². The van der Waals surface area contributed by atoms with Crippen molar-refractivity contribution in [1.82, 2.24) is 0 Å². The normalized spacial score (nSPS) is 16.1. The second-order valence-electron chi connectivity index (χ2n) is 1.39. The third kappa shape index (κ3) is 7.76. The molecule has 0 fully saturated rings. The Morgan fingerprint density at radius 2 is 2.20 bits per heavy atom. The molecule has 0 aliphatic heterocycles. The zero-order valence-corrected chi connectivity index (χ0v) is 6.48. The molecule has 60 valence electrons. The minimum Gasteiger partial charge on any atom is -0.481 e. The number of aliphatic carboxylic acids is 1. The minimum atomic E-state index is -3.65. The molecule has 0 bridgehead atoms. The first-order chi connectivity index (χ1) is 4.42. The molecule has 5 nitrogen and oxygen atoms in total. The van der Waals surface area contributed by atoms with E-state index < -0.39 is 15.0 Å². The van der Waals surface area contributed by atoms with Crippen LogP contribution in [0.1, 0.15) is 6.42 Å². The van der Waals surface area contributed by atoms with Crippen LogP contribution in [0.25, 0.3) is 0 Å². The highest BCUT2D eigenvalue weighted by Crippen LogP contribution is 1.89. The molecular weight excluding hydrogens is 180 g/mol. The standard InChI is InChI=1S/C3H6O5S2/c4-3(5)1-2-8-10(6,7)9/h1-2H2,(H,4,5)(H,6,7,9). The largest absolute Gasteiger partial charge is 0.481 e. The molecule has 0 aromatic rings. The van der Waals surface area contributed by atoms with Gasteiger partial charge in [0.2, 0.25) is 0 Å². The van der Waals surface area contributed by atoms with Crippen LogP contribution in [0.15, 0.2) is 0 Å². The van der Waals surface area contributed by atoms with E-state index >= 15 is 0 Å². The maximum atomic E-state index is 10.1. The molecule has 0 aliphatic rings. The summed E-state index contributed by atoms with van der Waals surface area (Å²) in [6.07, 6.45) is -0.325. The van der Waals surface area contributed by atoms with Crippen molar-refractivity contribution in [2.24, 2.45) is 0 Å². The SMILES string of the molecule is O=C(O)CCOS(=O)(O)=S. The van der Waals surface area contributed by atoms with Crippen molar-refractivity contribution >= 4 is 26.2 Å². The summed E-state index contributed by atoms with van der Waals surface area (Å²) < 4.78 is 22.4. The van der Waals surface area contributed by atoms with Crippen molar-refractivity contribution < 1.29 is 22.8 Å². The van der Waals surface area contributed by atoms with E-state index in [1.165, 1.54) is 0 Å². The summed E-state index contributed by atoms with van der Waals surface area (Å²) in [5.41, 5.74) is 0. The Morgan fingerprint density at radius 1 is 1.70 bits per heavy atom. The average Bonchev–Trinajstić information content (AvgIpc) is 1.59. The lowest BCUT2D eigenvalue weighted by atomic mass is 10.5. The molecule has 0 aromatic carbocycles. The van der Waals surface area contributed by atoms with Gasteiger partial charge >= 0.3 is 5.97 Å². The molecular formula is C3H6O5S2. The zero-order valence-electron chi connectivity index (χ0n) is 4.85. The second kappa shape index (κ2) is 3.81. The number of rotatable bonds is 4. The van der Waals surface area contributed by atoms with E-state index in [4.69, 9.17) is 9.66 Å². The lowest BCUT2D eigenvalue weighted by Crippen LogP contribution is -2.07. The maximum absolute atomic E-state index is 10.1. The van der Waals surface area contributed by atoms with Gasteiger partial charge in [0.1, 0.15) is 0 Å². The Bertz CT molecular complexity index is 205. The van der Waals surface area contributed by atoms with Crippen molar-refractivity contribution in [2.45, 2.75) is 6.42 Å². The fourth-order valence-electron chi connectivity index (χ4n) is 0.234. The first kappa shape index (κ1) is 9.76. The van der Waals surface area contributed by atoms with Gasteiger partial charge in [0.05, 0.1) is 13.0 Å². The molecule has 10 heavy (non-hydrogen) atoms. The molecule has 0 amide bonds. The Labute approximate surface area is 62.7 Å². The van der Waals surface area contributed by atoms with Gasteiger partial charge in [0.25, 0.3) is 9.05 Å². The molecule has 0 radical (unpaired) electrons. The van der Waals surface area contributed by atoms with Crippen LogP contribution >= 0.6 is 0 Å². The first-order valence-electron chi connectivity index (χ1n) is 2.25. The van der Waals surface area contributed by atoms with Gasteiger partial charge in [-0.15, -0.1) is 0 Å². The first-order valence-corrected chi connectivity index (χ1v) is 4.62. The van der Waals surface area contributed by atoms with Crippen molar-refractivity contribution in [3.8, 4) is 0 Å². The van der Waals surface area contributed by atoms with E-state index in [1.807, 2.05) is 0 Å². The predicted octanol–water partition coefficient (Wildman–Crippen LogP) is -0.388. The molecule has 0 spiro atoms. The molecule has 1 atom stereocenters. The van der Waals surface area contributed by atoms with Crippen molar-refractivity contribution in [3.63, 3.8) is 0 Å². The summed E-state index contributed by atoms with van der Waals surface area (Å²) >= 11 is 3.91. The van der Waals surface area contributed by atoms with E-state index in [9.17, 15) is 9.00 Å². The second-order valence-corrected chi connectivity index (χ2v) is 3.75. The Morgan fingerprint density at radius 3 is 2.50 bits per heavy atom.